The summed E-state index contributed by atoms with van der Waals surface area (Å²) < 4.78 is 28.6. The van der Waals surface area contributed by atoms with Crippen LogP contribution in [0.3, 0.4) is 0 Å². The molecule has 2 rings (SSSR count). The fraction of sp³-hybridized carbons (Fsp3) is 0.562. The molecule has 23 heavy (non-hydrogen) atoms. The minimum absolute atomic E-state index is 0.0291. The van der Waals surface area contributed by atoms with Gasteiger partial charge in [-0.05, 0) is 25.0 Å². The molecule has 1 N–H and O–H groups in total. The number of amides is 2. The van der Waals surface area contributed by atoms with Crippen LogP contribution in [0.4, 0.5) is 4.79 Å². The Bertz CT molecular complexity index is 645. The van der Waals surface area contributed by atoms with Gasteiger partial charge >= 0.3 is 6.03 Å². The molecule has 0 radical (unpaired) electrons. The predicted molar refractivity (Wildman–Crippen MR) is 88.8 cm³/mol. The van der Waals surface area contributed by atoms with Gasteiger partial charge in [-0.25, -0.2) is 13.2 Å². The Kier molecular flexibility index (Phi) is 6.01. The number of urea groups is 1. The number of nitrogens with zero attached hydrogens (tertiary/aromatic N) is 1. The van der Waals surface area contributed by atoms with Gasteiger partial charge in [0.2, 0.25) is 0 Å². The summed E-state index contributed by atoms with van der Waals surface area (Å²) in [4.78, 5) is 13.9. The van der Waals surface area contributed by atoms with Gasteiger partial charge in [0.25, 0.3) is 0 Å². The zero-order valence-electron chi connectivity index (χ0n) is 13.6. The molecule has 0 bridgehead atoms. The summed E-state index contributed by atoms with van der Waals surface area (Å²) in [5, 5.41) is 2.88. The third-order valence-electron chi connectivity index (χ3n) is 3.94. The molecule has 7 heteroatoms. The lowest BCUT2D eigenvalue weighted by molar-refractivity contribution is 0.133. The van der Waals surface area contributed by atoms with Crippen LogP contribution in [0.5, 0.6) is 0 Å². The molecular formula is C16H24N2O4S. The van der Waals surface area contributed by atoms with Crippen molar-refractivity contribution < 1.29 is 17.9 Å². The topological polar surface area (TPSA) is 75.7 Å². The fourth-order valence-corrected chi connectivity index (χ4v) is 4.21. The number of hydrogen-bond donors (Lipinski definition) is 1. The molecule has 1 fully saturated rings. The van der Waals surface area contributed by atoms with E-state index in [1.165, 1.54) is 0 Å². The number of nitrogens with one attached hydrogen (secondary N) is 1. The molecule has 0 spiro atoms. The molecule has 1 heterocycles. The maximum Gasteiger partial charge on any atom is 0.317 e. The second-order valence-corrected chi connectivity index (χ2v) is 7.95. The molecule has 128 valence electrons. The molecular weight excluding hydrogens is 316 g/mol. The standard InChI is InChI=1S/C16H24N2O4S/c1-3-22-11-15-7-5-4-6-14(15)10-17-16(19)18-8-9-23(20,21)12-13(18)2/h4-7,13H,3,8-12H2,1-2H3,(H,17,19). The van der Waals surface area contributed by atoms with Crippen LogP contribution >= 0.6 is 0 Å². The average molecular weight is 340 g/mol. The molecule has 1 aromatic rings. The van der Waals surface area contributed by atoms with Crippen LogP contribution in [0.1, 0.15) is 25.0 Å². The zero-order chi connectivity index (χ0) is 16.9. The number of hydrogen-bond acceptors (Lipinski definition) is 4. The van der Waals surface area contributed by atoms with Crippen molar-refractivity contribution >= 4 is 15.9 Å². The van der Waals surface area contributed by atoms with Gasteiger partial charge < -0.3 is 15.0 Å². The third-order valence-corrected chi connectivity index (χ3v) is 5.74. The second-order valence-electron chi connectivity index (χ2n) is 5.72. The highest BCUT2D eigenvalue weighted by atomic mass is 32.2. The third kappa shape index (κ3) is 4.94. The molecule has 1 saturated heterocycles. The van der Waals surface area contributed by atoms with E-state index in [1.54, 1.807) is 11.8 Å². The monoisotopic (exact) mass is 340 g/mol. The summed E-state index contributed by atoms with van der Waals surface area (Å²) in [5.41, 5.74) is 2.05. The largest absolute Gasteiger partial charge is 0.377 e. The van der Waals surface area contributed by atoms with Crippen molar-refractivity contribution in [3.05, 3.63) is 35.4 Å². The first-order chi connectivity index (χ1) is 10.9. The van der Waals surface area contributed by atoms with Gasteiger partial charge in [0, 0.05) is 25.7 Å². The van der Waals surface area contributed by atoms with Crippen LogP contribution in [0, 0.1) is 0 Å². The maximum atomic E-state index is 12.3. The molecule has 1 unspecified atom stereocenters. The summed E-state index contributed by atoms with van der Waals surface area (Å²) in [6.07, 6.45) is 0. The molecule has 6 nitrogen and oxygen atoms in total. The van der Waals surface area contributed by atoms with Gasteiger partial charge in [-0.15, -0.1) is 0 Å². The molecule has 0 saturated carbocycles. The molecule has 1 aromatic carbocycles. The van der Waals surface area contributed by atoms with Gasteiger partial charge in [-0.3, -0.25) is 0 Å². The van der Waals surface area contributed by atoms with Crippen molar-refractivity contribution in [3.8, 4) is 0 Å². The van der Waals surface area contributed by atoms with Gasteiger partial charge in [0.05, 0.1) is 18.1 Å². The Balaban J connectivity index is 1.94. The molecule has 0 aromatic heterocycles. The lowest BCUT2D eigenvalue weighted by atomic mass is 10.1. The Morgan fingerprint density at radius 2 is 2.04 bits per heavy atom. The summed E-state index contributed by atoms with van der Waals surface area (Å²) in [6.45, 7) is 5.50. The first kappa shape index (κ1) is 17.7. The van der Waals surface area contributed by atoms with E-state index in [0.29, 0.717) is 19.8 Å². The second kappa shape index (κ2) is 7.79. The maximum absolute atomic E-state index is 12.3. The van der Waals surface area contributed by atoms with Crippen LogP contribution in [-0.2, 0) is 27.7 Å². The predicted octanol–water partition coefficient (Wildman–Crippen LogP) is 1.55. The number of ether oxygens (including phenoxy) is 1. The summed E-state index contributed by atoms with van der Waals surface area (Å²) in [5.74, 6) is 0.0625. The van der Waals surface area contributed by atoms with E-state index in [4.69, 9.17) is 4.74 Å². The highest BCUT2D eigenvalue weighted by molar-refractivity contribution is 7.91. The molecule has 1 aliphatic heterocycles. The number of sulfone groups is 1. The van der Waals surface area contributed by atoms with Crippen molar-refractivity contribution in [1.29, 1.82) is 0 Å². The first-order valence-electron chi connectivity index (χ1n) is 7.82. The zero-order valence-corrected chi connectivity index (χ0v) is 14.4. The van der Waals surface area contributed by atoms with Crippen LogP contribution in [0.15, 0.2) is 24.3 Å². The van der Waals surface area contributed by atoms with E-state index in [1.807, 2.05) is 31.2 Å². The Hall–Kier alpha value is -1.60. The average Bonchev–Trinajstić information content (AvgIpc) is 2.50. The van der Waals surface area contributed by atoms with Crippen LogP contribution in [0.25, 0.3) is 0 Å². The smallest absolute Gasteiger partial charge is 0.317 e. The normalized spacial score (nSPS) is 20.3. The van der Waals surface area contributed by atoms with Gasteiger partial charge in [-0.2, -0.15) is 0 Å². The number of carbonyl (C=O) groups excluding carboxylic acids is 1. The fourth-order valence-electron chi connectivity index (χ4n) is 2.66. The summed E-state index contributed by atoms with van der Waals surface area (Å²) in [7, 11) is -3.02. The van der Waals surface area contributed by atoms with Crippen molar-refractivity contribution in [2.75, 3.05) is 24.7 Å². The number of benzene rings is 1. The lowest BCUT2D eigenvalue weighted by Crippen LogP contribution is -2.53. The SMILES string of the molecule is CCOCc1ccccc1CNC(=O)N1CCS(=O)(=O)CC1C. The van der Waals surface area contributed by atoms with E-state index >= 15 is 0 Å². The molecule has 2 amide bonds. The van der Waals surface area contributed by atoms with Crippen molar-refractivity contribution in [1.82, 2.24) is 10.2 Å². The van der Waals surface area contributed by atoms with Crippen molar-refractivity contribution in [2.24, 2.45) is 0 Å². The van der Waals surface area contributed by atoms with E-state index < -0.39 is 9.84 Å². The Morgan fingerprint density at radius 3 is 2.70 bits per heavy atom. The minimum Gasteiger partial charge on any atom is -0.377 e. The molecule has 0 aliphatic carbocycles. The van der Waals surface area contributed by atoms with Crippen molar-refractivity contribution in [3.63, 3.8) is 0 Å². The minimum atomic E-state index is -3.02. The van der Waals surface area contributed by atoms with Gasteiger partial charge in [-0.1, -0.05) is 24.3 Å². The Morgan fingerprint density at radius 1 is 1.35 bits per heavy atom. The highest BCUT2D eigenvalue weighted by Crippen LogP contribution is 2.13. The lowest BCUT2D eigenvalue weighted by Gasteiger charge is -2.33. The van der Waals surface area contributed by atoms with Crippen LogP contribution < -0.4 is 5.32 Å². The van der Waals surface area contributed by atoms with E-state index in [-0.39, 0.29) is 30.1 Å². The van der Waals surface area contributed by atoms with Gasteiger partial charge in [0.1, 0.15) is 0 Å². The van der Waals surface area contributed by atoms with Crippen molar-refractivity contribution in [2.45, 2.75) is 33.0 Å². The number of rotatable bonds is 5. The summed E-state index contributed by atoms with van der Waals surface area (Å²) in [6, 6.07) is 7.28. The quantitative estimate of drug-likeness (QED) is 0.882. The van der Waals surface area contributed by atoms with E-state index in [9.17, 15) is 13.2 Å². The van der Waals surface area contributed by atoms with E-state index in [0.717, 1.165) is 11.1 Å². The summed E-state index contributed by atoms with van der Waals surface area (Å²) >= 11 is 0. The Labute approximate surface area is 137 Å². The molecule has 1 aliphatic rings. The molecule has 1 atom stereocenters. The first-order valence-corrected chi connectivity index (χ1v) is 9.64. The van der Waals surface area contributed by atoms with Crippen LogP contribution in [-0.4, -0.2) is 50.0 Å². The van der Waals surface area contributed by atoms with Crippen LogP contribution in [0.2, 0.25) is 0 Å². The van der Waals surface area contributed by atoms with Gasteiger partial charge in [0.15, 0.2) is 9.84 Å². The van der Waals surface area contributed by atoms with E-state index in [2.05, 4.69) is 5.32 Å². The number of carbonyl (C=O) groups is 1. The highest BCUT2D eigenvalue weighted by Gasteiger charge is 2.31.